The topological polar surface area (TPSA) is 133 Å². The first kappa shape index (κ1) is 38.0. The van der Waals surface area contributed by atoms with Gasteiger partial charge in [0.15, 0.2) is 0 Å². The Balaban J connectivity index is 1.39. The molecule has 12 heteroatoms. The lowest BCUT2D eigenvalue weighted by Gasteiger charge is -2.36. The number of ether oxygens (including phenoxy) is 1. The van der Waals surface area contributed by atoms with Crippen LogP contribution in [0.2, 0.25) is 0 Å². The number of carbonyl (C=O) groups excluding carboxylic acids is 3. The molecule has 0 unspecified atom stereocenters. The first-order valence-corrected chi connectivity index (χ1v) is 17.8. The first-order valence-electron chi connectivity index (χ1n) is 17.8. The molecule has 3 aromatic rings. The van der Waals surface area contributed by atoms with Gasteiger partial charge in [0.05, 0.1) is 30.6 Å². The summed E-state index contributed by atoms with van der Waals surface area (Å²) < 4.78 is 34.7. The molecular formula is C39H49F2N5O5. The van der Waals surface area contributed by atoms with Crippen molar-refractivity contribution >= 4 is 17.7 Å². The van der Waals surface area contributed by atoms with Crippen molar-refractivity contribution in [2.75, 3.05) is 13.1 Å². The number of nitrogens with one attached hydrogen (secondary N) is 3. The Hall–Kier alpha value is -4.26. The van der Waals surface area contributed by atoms with Crippen molar-refractivity contribution in [1.29, 1.82) is 0 Å². The molecule has 5 rings (SSSR count). The van der Waals surface area contributed by atoms with Crippen LogP contribution >= 0.6 is 0 Å². The lowest BCUT2D eigenvalue weighted by atomic mass is 9.81. The highest BCUT2D eigenvalue weighted by atomic mass is 19.1. The van der Waals surface area contributed by atoms with Gasteiger partial charge in [-0.1, -0.05) is 56.7 Å². The number of aliphatic hydroxyl groups excluding tert-OH is 1. The number of likely N-dealkylation sites (tertiary alicyclic amines) is 1. The summed E-state index contributed by atoms with van der Waals surface area (Å²) in [6.07, 6.45) is 2.38. The number of hydrogen-bond acceptors (Lipinski definition) is 7. The van der Waals surface area contributed by atoms with E-state index < -0.39 is 47.3 Å². The molecule has 0 spiro atoms. The minimum absolute atomic E-state index is 0.0682. The van der Waals surface area contributed by atoms with Crippen molar-refractivity contribution in [3.63, 3.8) is 0 Å². The van der Waals surface area contributed by atoms with Gasteiger partial charge in [-0.2, -0.15) is 0 Å². The van der Waals surface area contributed by atoms with E-state index >= 15 is 0 Å². The molecule has 4 N–H and O–H groups in total. The smallest absolute Gasteiger partial charge is 0.249 e. The molecule has 2 aromatic carbocycles. The van der Waals surface area contributed by atoms with E-state index in [1.54, 1.807) is 11.1 Å². The molecule has 51 heavy (non-hydrogen) atoms. The normalized spacial score (nSPS) is 22.7. The fraction of sp³-hybridized carbons (Fsp3) is 0.487. The number of aromatic nitrogens is 1. The zero-order valence-corrected chi connectivity index (χ0v) is 29.5. The van der Waals surface area contributed by atoms with Crippen molar-refractivity contribution in [2.45, 2.75) is 102 Å². The van der Waals surface area contributed by atoms with Crippen LogP contribution in [-0.2, 0) is 38.6 Å². The summed E-state index contributed by atoms with van der Waals surface area (Å²) in [7, 11) is 0. The summed E-state index contributed by atoms with van der Waals surface area (Å²) >= 11 is 0. The average Bonchev–Trinajstić information content (AvgIpc) is 3.72. The third-order valence-corrected chi connectivity index (χ3v) is 10.3. The van der Waals surface area contributed by atoms with Gasteiger partial charge in [0.25, 0.3) is 0 Å². The molecule has 7 atom stereocenters. The van der Waals surface area contributed by atoms with Crippen LogP contribution in [0.5, 0.6) is 0 Å². The molecule has 2 fully saturated rings. The fourth-order valence-electron chi connectivity index (χ4n) is 7.40. The largest absolute Gasteiger partial charge is 0.389 e. The van der Waals surface area contributed by atoms with Crippen molar-refractivity contribution in [3.8, 4) is 0 Å². The fourth-order valence-corrected chi connectivity index (χ4v) is 7.40. The number of halogens is 2. The highest BCUT2D eigenvalue weighted by Gasteiger charge is 2.53. The van der Waals surface area contributed by atoms with Gasteiger partial charge in [-0.15, -0.1) is 0 Å². The third-order valence-electron chi connectivity index (χ3n) is 10.3. The molecule has 274 valence electrons. The number of rotatable bonds is 16. The predicted octanol–water partition coefficient (Wildman–Crippen LogP) is 3.85. The van der Waals surface area contributed by atoms with E-state index in [1.807, 2.05) is 62.4 Å². The van der Waals surface area contributed by atoms with Crippen LogP contribution in [0.1, 0.15) is 63.3 Å². The van der Waals surface area contributed by atoms with Gasteiger partial charge < -0.3 is 30.7 Å². The molecule has 0 bridgehead atoms. The molecule has 2 saturated heterocycles. The van der Waals surface area contributed by atoms with Crippen molar-refractivity contribution < 1.29 is 33.0 Å². The highest BCUT2D eigenvalue weighted by molar-refractivity contribution is 5.96. The predicted molar refractivity (Wildman–Crippen MR) is 188 cm³/mol. The van der Waals surface area contributed by atoms with Gasteiger partial charge in [-0.05, 0) is 73.4 Å². The molecule has 3 heterocycles. The lowest BCUT2D eigenvalue weighted by Crippen LogP contribution is -2.61. The Morgan fingerprint density at radius 1 is 1.10 bits per heavy atom. The lowest BCUT2D eigenvalue weighted by molar-refractivity contribution is -0.144. The highest BCUT2D eigenvalue weighted by Crippen LogP contribution is 2.34. The Bertz CT molecular complexity index is 1610. The van der Waals surface area contributed by atoms with E-state index in [-0.39, 0.29) is 48.8 Å². The van der Waals surface area contributed by atoms with E-state index in [0.717, 1.165) is 17.3 Å². The van der Waals surface area contributed by atoms with Crippen LogP contribution in [0.25, 0.3) is 0 Å². The minimum atomic E-state index is -1.17. The summed E-state index contributed by atoms with van der Waals surface area (Å²) in [5.74, 6) is -2.87. The Morgan fingerprint density at radius 2 is 1.82 bits per heavy atom. The van der Waals surface area contributed by atoms with Crippen molar-refractivity contribution in [1.82, 2.24) is 25.8 Å². The summed E-state index contributed by atoms with van der Waals surface area (Å²) in [6, 6.07) is 15.9. The zero-order chi connectivity index (χ0) is 36.5. The maximum atomic E-state index is 14.4. The molecular weight excluding hydrogens is 656 g/mol. The van der Waals surface area contributed by atoms with Crippen LogP contribution < -0.4 is 16.0 Å². The molecule has 1 aromatic heterocycles. The number of hydrogen-bond donors (Lipinski definition) is 4. The summed E-state index contributed by atoms with van der Waals surface area (Å²) in [5, 5.41) is 21.0. The van der Waals surface area contributed by atoms with Crippen LogP contribution in [0.4, 0.5) is 8.78 Å². The molecule has 2 aliphatic rings. The van der Waals surface area contributed by atoms with Crippen LogP contribution in [0, 0.1) is 17.6 Å². The van der Waals surface area contributed by atoms with Gasteiger partial charge in [0.2, 0.25) is 17.7 Å². The molecule has 10 nitrogen and oxygen atoms in total. The number of nitrogens with zero attached hydrogens (tertiary/aromatic N) is 2. The molecule has 0 aliphatic carbocycles. The third kappa shape index (κ3) is 9.55. The first-order chi connectivity index (χ1) is 24.5. The van der Waals surface area contributed by atoms with E-state index in [2.05, 4.69) is 20.9 Å². The summed E-state index contributed by atoms with van der Waals surface area (Å²) in [6.45, 7) is 6.25. The maximum Gasteiger partial charge on any atom is 0.249 e. The van der Waals surface area contributed by atoms with Crippen LogP contribution in [0.15, 0.2) is 72.9 Å². The van der Waals surface area contributed by atoms with E-state index in [0.29, 0.717) is 38.8 Å². The number of pyridine rings is 1. The molecule has 3 amide bonds. The zero-order valence-electron chi connectivity index (χ0n) is 29.5. The van der Waals surface area contributed by atoms with Gasteiger partial charge in [0.1, 0.15) is 23.2 Å². The molecule has 2 aliphatic heterocycles. The van der Waals surface area contributed by atoms with Gasteiger partial charge in [-0.25, -0.2) is 8.78 Å². The van der Waals surface area contributed by atoms with Crippen LogP contribution in [0.3, 0.4) is 0 Å². The average molecular weight is 706 g/mol. The van der Waals surface area contributed by atoms with Crippen LogP contribution in [-0.4, -0.2) is 81.7 Å². The second kappa shape index (κ2) is 17.3. The second-order valence-electron chi connectivity index (χ2n) is 13.8. The van der Waals surface area contributed by atoms with E-state index in [4.69, 9.17) is 4.74 Å². The van der Waals surface area contributed by atoms with Gasteiger partial charge >= 0.3 is 0 Å². The summed E-state index contributed by atoms with van der Waals surface area (Å²) in [4.78, 5) is 46.9. The maximum absolute atomic E-state index is 14.4. The van der Waals surface area contributed by atoms with Crippen molar-refractivity contribution in [2.24, 2.45) is 5.92 Å². The summed E-state index contributed by atoms with van der Waals surface area (Å²) in [5.41, 5.74) is 0.865. The monoisotopic (exact) mass is 705 g/mol. The Kier molecular flexibility index (Phi) is 12.9. The number of amides is 3. The van der Waals surface area contributed by atoms with E-state index in [9.17, 15) is 28.3 Å². The standard InChI is InChI=1S/C39H49F2N5O5/c1-4-25(2)39(45-26(3)47)15-17-46(38(39)50)35(14-13-27-10-6-5-7-11-27)37(49)44-34(20-28-18-29(40)21-30(41)19-28)36(48)33-22-32(23-43-33)51-24-31-12-8-9-16-42-31/h5-12,16,18-19,21,25,32-36,43,48H,4,13-15,17,20,22-24H2,1-3H3,(H,44,49)(H,45,47)/t25-,32-,33-,34+,35+,36-,39+/m1/s1. The number of benzene rings is 2. The minimum Gasteiger partial charge on any atom is -0.389 e. The quantitative estimate of drug-likeness (QED) is 0.178. The molecule has 0 radical (unpaired) electrons. The Labute approximate surface area is 298 Å². The molecule has 0 saturated carbocycles. The van der Waals surface area contributed by atoms with Gasteiger partial charge in [0, 0.05) is 38.3 Å². The SMILES string of the molecule is CC[C@@H](C)[C@@]1(NC(C)=O)CCN([C@@H](CCc2ccccc2)C(=O)N[C@@H](Cc2cc(F)cc(F)c2)[C@H](O)[C@H]2C[C@@H](OCc3ccccn3)CN2)C1=O. The number of aliphatic hydroxyl groups is 1. The Morgan fingerprint density at radius 3 is 2.49 bits per heavy atom. The number of aryl methyl sites for hydroxylation is 1. The van der Waals surface area contributed by atoms with Crippen molar-refractivity contribution in [3.05, 3.63) is 101 Å². The van der Waals surface area contributed by atoms with E-state index in [1.165, 1.54) is 19.1 Å². The second-order valence-corrected chi connectivity index (χ2v) is 13.8. The number of carbonyl (C=O) groups is 3. The van der Waals surface area contributed by atoms with Gasteiger partial charge in [-0.3, -0.25) is 19.4 Å².